The molecule has 3 rings (SSSR count). The van der Waals surface area contributed by atoms with Gasteiger partial charge in [0, 0.05) is 50.7 Å². The zero-order valence-corrected chi connectivity index (χ0v) is 32.1. The molecule has 13 nitrogen and oxygen atoms in total. The highest BCUT2D eigenvalue weighted by molar-refractivity contribution is 6.00. The van der Waals surface area contributed by atoms with Gasteiger partial charge in [-0.15, -0.1) is 0 Å². The minimum Gasteiger partial charge on any atom is -0.458 e. The SMILES string of the molecule is CC[C@H]1OC(=O)C(C)C(=O)[C@H](C)[C@@H](OC2OC(CNCCN(C)C)CC(N(C)C)C2O)[C@](C)(OC)C[C@@H](C)CN[C@H](C)[C@H]2CC(=O)O[C@@]21C. The first-order chi connectivity index (χ1) is 22.9. The Bertz CT molecular complexity index is 1110. The van der Waals surface area contributed by atoms with Gasteiger partial charge in [-0.2, -0.15) is 0 Å². The molecule has 13 heteroatoms. The number of ether oxygens (including phenoxy) is 5. The molecule has 49 heavy (non-hydrogen) atoms. The van der Waals surface area contributed by atoms with E-state index in [0.29, 0.717) is 32.4 Å². The topological polar surface area (TPSA) is 148 Å². The van der Waals surface area contributed by atoms with Crippen molar-refractivity contribution in [3.8, 4) is 0 Å². The van der Waals surface area contributed by atoms with Gasteiger partial charge in [-0.1, -0.05) is 20.8 Å². The van der Waals surface area contributed by atoms with E-state index in [4.69, 9.17) is 23.7 Å². The number of hydrogen-bond donors (Lipinski definition) is 3. The molecule has 3 saturated heterocycles. The molecule has 3 N–H and O–H groups in total. The van der Waals surface area contributed by atoms with Crippen LogP contribution in [0.15, 0.2) is 0 Å². The third kappa shape index (κ3) is 10.0. The van der Waals surface area contributed by atoms with Crippen molar-refractivity contribution in [2.24, 2.45) is 23.7 Å². The molecule has 5 unspecified atom stereocenters. The van der Waals surface area contributed by atoms with Crippen LogP contribution in [0.25, 0.3) is 0 Å². The van der Waals surface area contributed by atoms with Crippen molar-refractivity contribution in [2.75, 3.05) is 61.5 Å². The van der Waals surface area contributed by atoms with Crippen LogP contribution in [0.3, 0.4) is 0 Å². The number of nitrogens with zero attached hydrogens (tertiary/aromatic N) is 2. The summed E-state index contributed by atoms with van der Waals surface area (Å²) < 4.78 is 31.3. The number of hydrogen-bond acceptors (Lipinski definition) is 13. The van der Waals surface area contributed by atoms with Crippen LogP contribution in [-0.2, 0) is 38.1 Å². The first kappa shape index (κ1) is 41.7. The van der Waals surface area contributed by atoms with Gasteiger partial charge in [0.15, 0.2) is 17.7 Å². The largest absolute Gasteiger partial charge is 0.458 e. The standard InChI is InChI=1S/C36H66N4O9/c1-13-28-36(7)26(17-29(41)49-36)24(5)38-19-21(2)18-35(6,45-12)32(22(3)30(42)23(4)33(44)47-28)48-34-31(43)27(40(10)11)16-25(46-34)20-37-14-15-39(8)9/h21-28,31-32,34,37-38,43H,13-20H2,1-12H3/t21-,22+,23?,24-,25?,26-,27?,28-,31?,32-,34?,35-,36+/m1/s1. The second-order valence-electron chi connectivity index (χ2n) is 15.7. The molecule has 0 bridgehead atoms. The minimum absolute atomic E-state index is 0.0489. The maximum atomic E-state index is 14.2. The summed E-state index contributed by atoms with van der Waals surface area (Å²) in [7, 11) is 9.48. The average Bonchev–Trinajstić information content (AvgIpc) is 3.36. The fraction of sp³-hybridized carbons (Fsp3) is 0.917. The van der Waals surface area contributed by atoms with E-state index in [1.807, 2.05) is 60.8 Å². The molecular formula is C36H66N4O9. The molecule has 3 fully saturated rings. The van der Waals surface area contributed by atoms with Crippen molar-refractivity contribution < 1.29 is 43.2 Å². The monoisotopic (exact) mass is 698 g/mol. The number of fused-ring (bicyclic) bond motifs is 1. The van der Waals surface area contributed by atoms with E-state index >= 15 is 0 Å². The summed E-state index contributed by atoms with van der Waals surface area (Å²) in [6, 6.07) is -0.381. The second-order valence-corrected chi connectivity index (χ2v) is 15.7. The molecule has 0 aromatic heterocycles. The number of carbonyl (C=O) groups is 3. The Morgan fingerprint density at radius 2 is 1.76 bits per heavy atom. The number of Topliss-reactive ketones (excluding diaryl/α,β-unsaturated/α-hetero) is 1. The van der Waals surface area contributed by atoms with Crippen molar-refractivity contribution in [2.45, 2.75) is 128 Å². The van der Waals surface area contributed by atoms with Gasteiger partial charge in [-0.25, -0.2) is 0 Å². The van der Waals surface area contributed by atoms with Crippen molar-refractivity contribution in [3.05, 3.63) is 0 Å². The normalized spacial score (nSPS) is 41.6. The number of aliphatic hydroxyl groups excluding tert-OH is 1. The minimum atomic E-state index is -1.13. The lowest BCUT2D eigenvalue weighted by Gasteiger charge is -2.47. The molecule has 0 spiro atoms. The number of aliphatic hydroxyl groups is 1. The van der Waals surface area contributed by atoms with Crippen LogP contribution >= 0.6 is 0 Å². The van der Waals surface area contributed by atoms with Crippen LogP contribution in [0.1, 0.15) is 74.1 Å². The lowest BCUT2D eigenvalue weighted by Crippen LogP contribution is -2.60. The summed E-state index contributed by atoms with van der Waals surface area (Å²) in [6.45, 7) is 15.8. The summed E-state index contributed by atoms with van der Waals surface area (Å²) >= 11 is 0. The van der Waals surface area contributed by atoms with Gasteiger partial charge in [-0.05, 0) is 87.6 Å². The van der Waals surface area contributed by atoms with Crippen LogP contribution in [-0.4, -0.2) is 148 Å². The number of esters is 2. The Balaban J connectivity index is 1.98. The van der Waals surface area contributed by atoms with Gasteiger partial charge >= 0.3 is 11.9 Å². The molecule has 0 aliphatic carbocycles. The molecule has 3 aliphatic rings. The molecule has 13 atom stereocenters. The van der Waals surface area contributed by atoms with E-state index in [0.717, 1.165) is 13.1 Å². The van der Waals surface area contributed by atoms with Crippen LogP contribution in [0.4, 0.5) is 0 Å². The van der Waals surface area contributed by atoms with E-state index in [-0.39, 0.29) is 48.2 Å². The molecule has 3 aliphatic heterocycles. The average molecular weight is 699 g/mol. The Labute approximate surface area is 294 Å². The summed E-state index contributed by atoms with van der Waals surface area (Å²) in [6.07, 6.45) is -2.20. The maximum Gasteiger partial charge on any atom is 0.316 e. The second kappa shape index (κ2) is 17.7. The summed E-state index contributed by atoms with van der Waals surface area (Å²) in [5.74, 6) is -3.55. The molecule has 0 saturated carbocycles. The number of likely N-dealkylation sites (N-methyl/N-ethyl adjacent to an activating group) is 2. The lowest BCUT2D eigenvalue weighted by atomic mass is 9.78. The van der Waals surface area contributed by atoms with Gasteiger partial charge < -0.3 is 49.2 Å². The number of carbonyl (C=O) groups excluding carboxylic acids is 3. The lowest BCUT2D eigenvalue weighted by molar-refractivity contribution is -0.297. The third-order valence-electron chi connectivity index (χ3n) is 11.2. The zero-order valence-electron chi connectivity index (χ0n) is 32.1. The Kier molecular flexibility index (Phi) is 15.0. The van der Waals surface area contributed by atoms with Crippen LogP contribution < -0.4 is 10.6 Å². The highest BCUT2D eigenvalue weighted by atomic mass is 16.7. The van der Waals surface area contributed by atoms with Crippen LogP contribution in [0, 0.1) is 23.7 Å². The predicted molar refractivity (Wildman–Crippen MR) is 186 cm³/mol. The van der Waals surface area contributed by atoms with E-state index in [9.17, 15) is 19.5 Å². The van der Waals surface area contributed by atoms with Crippen molar-refractivity contribution >= 4 is 17.7 Å². The van der Waals surface area contributed by atoms with Gasteiger partial charge in [0.2, 0.25) is 0 Å². The van der Waals surface area contributed by atoms with Gasteiger partial charge in [0.05, 0.1) is 24.2 Å². The molecule has 0 aromatic rings. The number of methoxy groups -OCH3 is 1. The molecular weight excluding hydrogens is 632 g/mol. The summed E-state index contributed by atoms with van der Waals surface area (Å²) in [5.41, 5.74) is -2.06. The third-order valence-corrected chi connectivity index (χ3v) is 11.2. The van der Waals surface area contributed by atoms with E-state index in [2.05, 4.69) is 22.5 Å². The smallest absolute Gasteiger partial charge is 0.316 e. The Hall–Kier alpha value is -1.71. The molecule has 0 aromatic carbocycles. The Morgan fingerprint density at radius 3 is 2.35 bits per heavy atom. The maximum absolute atomic E-state index is 14.2. The quantitative estimate of drug-likeness (QED) is 0.173. The zero-order chi connectivity index (χ0) is 36.8. The highest BCUT2D eigenvalue weighted by Gasteiger charge is 2.55. The predicted octanol–water partition coefficient (Wildman–Crippen LogP) is 1.84. The van der Waals surface area contributed by atoms with Crippen molar-refractivity contribution in [1.82, 2.24) is 20.4 Å². The van der Waals surface area contributed by atoms with Crippen LogP contribution in [0.2, 0.25) is 0 Å². The number of rotatable bonds is 10. The molecule has 284 valence electrons. The Morgan fingerprint density at radius 1 is 1.08 bits per heavy atom. The van der Waals surface area contributed by atoms with Gasteiger partial charge in [0.25, 0.3) is 0 Å². The van der Waals surface area contributed by atoms with E-state index in [1.165, 1.54) is 0 Å². The van der Waals surface area contributed by atoms with Gasteiger partial charge in [0.1, 0.15) is 18.1 Å². The van der Waals surface area contributed by atoms with Crippen molar-refractivity contribution in [3.63, 3.8) is 0 Å². The fourth-order valence-electron chi connectivity index (χ4n) is 8.02. The molecule has 3 heterocycles. The first-order valence-corrected chi connectivity index (χ1v) is 18.1. The van der Waals surface area contributed by atoms with E-state index < -0.39 is 53.6 Å². The molecule has 0 radical (unpaired) electrons. The van der Waals surface area contributed by atoms with E-state index in [1.54, 1.807) is 21.0 Å². The number of cyclic esters (lactones) is 1. The fourth-order valence-corrected chi connectivity index (χ4v) is 8.02. The first-order valence-electron chi connectivity index (χ1n) is 18.1. The number of nitrogens with one attached hydrogen (secondary N) is 2. The highest BCUT2D eigenvalue weighted by Crippen LogP contribution is 2.41. The van der Waals surface area contributed by atoms with Crippen LogP contribution in [0.5, 0.6) is 0 Å². The van der Waals surface area contributed by atoms with Gasteiger partial charge in [-0.3, -0.25) is 14.4 Å². The summed E-state index contributed by atoms with van der Waals surface area (Å²) in [5, 5.41) is 18.6. The van der Waals surface area contributed by atoms with Crippen molar-refractivity contribution in [1.29, 1.82) is 0 Å². The number of ketones is 1. The summed E-state index contributed by atoms with van der Waals surface area (Å²) in [4.78, 5) is 44.6. The molecule has 0 amide bonds.